The molecule has 2 nitrogen and oxygen atoms in total. The molecule has 3 aliphatic rings. The van der Waals surface area contributed by atoms with E-state index in [1.165, 1.54) is 44.2 Å². The molecule has 1 unspecified atom stereocenters. The van der Waals surface area contributed by atoms with Crippen molar-refractivity contribution in [2.45, 2.75) is 32.1 Å². The largest absolute Gasteiger partial charge is 0.461 e. The third kappa shape index (κ3) is 2.94. The summed E-state index contributed by atoms with van der Waals surface area (Å²) in [5.74, 6) is 2.36. The number of para-hydroxylation sites is 1. The van der Waals surface area contributed by atoms with Crippen LogP contribution in [0.25, 0.3) is 33.1 Å². The van der Waals surface area contributed by atoms with Gasteiger partial charge in [-0.2, -0.15) is 0 Å². The molecule has 2 aliphatic carbocycles. The Labute approximate surface area is 193 Å². The maximum absolute atomic E-state index is 6.39. The van der Waals surface area contributed by atoms with Gasteiger partial charge in [0.15, 0.2) is 0 Å². The van der Waals surface area contributed by atoms with Gasteiger partial charge in [-0.3, -0.25) is 0 Å². The maximum atomic E-state index is 6.39. The van der Waals surface area contributed by atoms with Crippen LogP contribution in [-0.4, -0.2) is 0 Å². The predicted octanol–water partition coefficient (Wildman–Crippen LogP) is 8.48. The van der Waals surface area contributed by atoms with Crippen molar-refractivity contribution in [3.63, 3.8) is 0 Å². The fraction of sp³-hybridized carbons (Fsp3) is 0.161. The van der Waals surface area contributed by atoms with Gasteiger partial charge in [-0.25, -0.2) is 0 Å². The van der Waals surface area contributed by atoms with Gasteiger partial charge in [-0.05, 0) is 73.2 Å². The zero-order valence-electron chi connectivity index (χ0n) is 18.6. The maximum Gasteiger partial charge on any atom is 0.142 e. The summed E-state index contributed by atoms with van der Waals surface area (Å²) in [6.45, 7) is 2.15. The van der Waals surface area contributed by atoms with Crippen LogP contribution in [0.4, 0.5) is 0 Å². The van der Waals surface area contributed by atoms with E-state index >= 15 is 0 Å². The Hall–Kier alpha value is -3.78. The first-order valence-electron chi connectivity index (χ1n) is 11.8. The molecule has 7 rings (SSSR count). The van der Waals surface area contributed by atoms with Crippen molar-refractivity contribution in [3.8, 4) is 5.75 Å². The Morgan fingerprint density at radius 3 is 2.73 bits per heavy atom. The Morgan fingerprint density at radius 1 is 0.879 bits per heavy atom. The summed E-state index contributed by atoms with van der Waals surface area (Å²) in [5, 5.41) is 2.38. The number of fused-ring (bicyclic) bond motifs is 6. The number of hydrogen-bond acceptors (Lipinski definition) is 2. The molecular formula is C31H24O2. The van der Waals surface area contributed by atoms with Crippen molar-refractivity contribution in [1.29, 1.82) is 0 Å². The van der Waals surface area contributed by atoms with Crippen LogP contribution >= 0.6 is 0 Å². The number of aryl methyl sites for hydroxylation is 1. The smallest absolute Gasteiger partial charge is 0.142 e. The van der Waals surface area contributed by atoms with E-state index in [-0.39, 0.29) is 5.92 Å². The highest BCUT2D eigenvalue weighted by Crippen LogP contribution is 2.48. The number of hydrogen-bond donors (Lipinski definition) is 0. The molecular weight excluding hydrogens is 404 g/mol. The molecule has 0 fully saturated rings. The summed E-state index contributed by atoms with van der Waals surface area (Å²) in [4.78, 5) is 0. The zero-order chi connectivity index (χ0) is 21.9. The molecule has 0 bridgehead atoms. The second-order valence-electron chi connectivity index (χ2n) is 9.32. The summed E-state index contributed by atoms with van der Waals surface area (Å²) in [5.41, 5.74) is 9.73. The van der Waals surface area contributed by atoms with Crippen molar-refractivity contribution < 1.29 is 9.15 Å². The van der Waals surface area contributed by atoms with Crippen LogP contribution in [-0.2, 0) is 0 Å². The second-order valence-corrected chi connectivity index (χ2v) is 9.32. The summed E-state index contributed by atoms with van der Waals surface area (Å²) < 4.78 is 12.6. The molecule has 0 amide bonds. The van der Waals surface area contributed by atoms with Crippen LogP contribution < -0.4 is 4.74 Å². The topological polar surface area (TPSA) is 22.4 Å². The van der Waals surface area contributed by atoms with Crippen molar-refractivity contribution >= 4 is 33.1 Å². The zero-order valence-corrected chi connectivity index (χ0v) is 18.6. The molecule has 0 radical (unpaired) electrons. The van der Waals surface area contributed by atoms with Gasteiger partial charge in [-0.1, -0.05) is 60.2 Å². The van der Waals surface area contributed by atoms with Crippen molar-refractivity contribution in [2.24, 2.45) is 0 Å². The molecule has 4 aromatic rings. The lowest BCUT2D eigenvalue weighted by molar-refractivity contribution is 0.426. The van der Waals surface area contributed by atoms with Gasteiger partial charge in [0.1, 0.15) is 22.7 Å². The highest BCUT2D eigenvalue weighted by molar-refractivity contribution is 6.09. The second kappa shape index (κ2) is 7.11. The van der Waals surface area contributed by atoms with Crippen molar-refractivity contribution in [3.05, 3.63) is 113 Å². The van der Waals surface area contributed by atoms with E-state index in [1.807, 2.05) is 6.07 Å². The van der Waals surface area contributed by atoms with E-state index in [0.717, 1.165) is 41.9 Å². The van der Waals surface area contributed by atoms with E-state index in [1.54, 1.807) is 0 Å². The molecule has 0 saturated carbocycles. The summed E-state index contributed by atoms with van der Waals surface area (Å²) >= 11 is 0. The average Bonchev–Trinajstić information content (AvgIpc) is 3.41. The average molecular weight is 429 g/mol. The van der Waals surface area contributed by atoms with E-state index < -0.39 is 0 Å². The molecule has 1 aromatic heterocycles. The van der Waals surface area contributed by atoms with Crippen LogP contribution in [0.1, 0.15) is 47.4 Å². The Bertz CT molecular complexity index is 1570. The summed E-state index contributed by atoms with van der Waals surface area (Å²) in [6, 6.07) is 19.5. The standard InChI is InChI=1S/C31H24O2/c1-19-11-13-29-25(15-19)26-16-21(12-14-30(26)32-29)22-17-24(20-7-3-2-4-8-20)31-27(18-22)23-9-5-6-10-28(23)33-31/h2-3,5-7,9-15,17-18,26H,4,8,16H2,1H3. The number of furan rings is 1. The Morgan fingerprint density at radius 2 is 1.82 bits per heavy atom. The number of allylic oxidation sites excluding steroid dienone is 8. The molecule has 0 saturated heterocycles. The summed E-state index contributed by atoms with van der Waals surface area (Å²) in [7, 11) is 0. The first kappa shape index (κ1) is 18.8. The highest BCUT2D eigenvalue weighted by atomic mass is 16.5. The van der Waals surface area contributed by atoms with Crippen LogP contribution in [0.3, 0.4) is 0 Å². The monoisotopic (exact) mass is 428 g/mol. The van der Waals surface area contributed by atoms with E-state index in [2.05, 4.69) is 85.8 Å². The number of ether oxygens (including phenoxy) is 1. The molecule has 1 aliphatic heterocycles. The van der Waals surface area contributed by atoms with Crippen LogP contribution in [0.5, 0.6) is 5.75 Å². The van der Waals surface area contributed by atoms with Gasteiger partial charge in [-0.15, -0.1) is 0 Å². The molecule has 1 atom stereocenters. The molecule has 2 heterocycles. The van der Waals surface area contributed by atoms with Gasteiger partial charge < -0.3 is 9.15 Å². The van der Waals surface area contributed by atoms with E-state index in [9.17, 15) is 0 Å². The minimum atomic E-state index is 0.289. The molecule has 0 N–H and O–H groups in total. The lowest BCUT2D eigenvalue weighted by Crippen LogP contribution is -2.05. The van der Waals surface area contributed by atoms with E-state index in [4.69, 9.17) is 9.15 Å². The number of benzene rings is 3. The van der Waals surface area contributed by atoms with E-state index in [0.29, 0.717) is 0 Å². The molecule has 0 spiro atoms. The number of rotatable bonds is 2. The first-order valence-corrected chi connectivity index (χ1v) is 11.8. The predicted molar refractivity (Wildman–Crippen MR) is 135 cm³/mol. The Balaban J connectivity index is 1.40. The third-order valence-corrected chi connectivity index (χ3v) is 7.19. The van der Waals surface area contributed by atoms with Gasteiger partial charge in [0.2, 0.25) is 0 Å². The summed E-state index contributed by atoms with van der Waals surface area (Å²) in [6.07, 6.45) is 14.1. The van der Waals surface area contributed by atoms with Crippen molar-refractivity contribution in [1.82, 2.24) is 0 Å². The Kier molecular flexibility index (Phi) is 4.04. The quantitative estimate of drug-likeness (QED) is 0.319. The highest BCUT2D eigenvalue weighted by Gasteiger charge is 2.32. The van der Waals surface area contributed by atoms with Crippen LogP contribution in [0, 0.1) is 6.92 Å². The third-order valence-electron chi connectivity index (χ3n) is 7.19. The molecule has 33 heavy (non-hydrogen) atoms. The molecule has 160 valence electrons. The molecule has 3 aromatic carbocycles. The molecule has 2 heteroatoms. The fourth-order valence-electron chi connectivity index (χ4n) is 5.51. The van der Waals surface area contributed by atoms with Gasteiger partial charge in [0.25, 0.3) is 0 Å². The minimum absolute atomic E-state index is 0.289. The SMILES string of the molecule is Cc1ccc2c(c1)C1CC(c3cc(C4=CC=CCC4)c4oc5ccccc5c4c3)=CC=C1O2. The first-order chi connectivity index (χ1) is 16.2. The normalized spacial score (nSPS) is 19.1. The van der Waals surface area contributed by atoms with Crippen LogP contribution in [0.15, 0.2) is 95.2 Å². The lowest BCUT2D eigenvalue weighted by atomic mass is 9.83. The van der Waals surface area contributed by atoms with Gasteiger partial charge in [0, 0.05) is 27.8 Å². The van der Waals surface area contributed by atoms with Crippen LogP contribution in [0.2, 0.25) is 0 Å². The van der Waals surface area contributed by atoms with Gasteiger partial charge in [0.05, 0.1) is 0 Å². The van der Waals surface area contributed by atoms with Crippen molar-refractivity contribution in [2.75, 3.05) is 0 Å². The van der Waals surface area contributed by atoms with Gasteiger partial charge >= 0.3 is 0 Å². The fourth-order valence-corrected chi connectivity index (χ4v) is 5.51. The lowest BCUT2D eigenvalue weighted by Gasteiger charge is -2.20. The minimum Gasteiger partial charge on any atom is -0.461 e.